The quantitative estimate of drug-likeness (QED) is 0.655. The van der Waals surface area contributed by atoms with Gasteiger partial charge in [-0.3, -0.25) is 4.90 Å². The maximum atomic E-state index is 12.9. The minimum Gasteiger partial charge on any atom is -0.497 e. The summed E-state index contributed by atoms with van der Waals surface area (Å²) in [5, 5.41) is 0.290. The predicted molar refractivity (Wildman–Crippen MR) is 122 cm³/mol. The van der Waals surface area contributed by atoms with Crippen molar-refractivity contribution in [2.75, 3.05) is 33.3 Å². The van der Waals surface area contributed by atoms with Crippen molar-refractivity contribution in [1.29, 1.82) is 0 Å². The van der Waals surface area contributed by atoms with E-state index in [1.54, 1.807) is 35.7 Å². The summed E-state index contributed by atoms with van der Waals surface area (Å²) in [7, 11) is -1.82. The van der Waals surface area contributed by atoms with Gasteiger partial charge in [-0.05, 0) is 60.6 Å². The van der Waals surface area contributed by atoms with Crippen LogP contribution in [0.4, 0.5) is 0 Å². The van der Waals surface area contributed by atoms with Gasteiger partial charge >= 0.3 is 0 Å². The number of piperidine rings is 1. The van der Waals surface area contributed by atoms with Crippen molar-refractivity contribution in [3.63, 3.8) is 0 Å². The molecule has 5 nitrogen and oxygen atoms in total. The summed E-state index contributed by atoms with van der Waals surface area (Å²) in [5.74, 6) is 1.44. The highest BCUT2D eigenvalue weighted by Gasteiger charge is 2.31. The molecule has 0 saturated carbocycles. The Morgan fingerprint density at radius 3 is 2.50 bits per heavy atom. The summed E-state index contributed by atoms with van der Waals surface area (Å²) in [6.07, 6.45) is 2.80. The van der Waals surface area contributed by atoms with Crippen molar-refractivity contribution in [3.8, 4) is 5.75 Å². The molecule has 0 atom stereocenters. The Bertz CT molecular complexity index is 976. The van der Waals surface area contributed by atoms with E-state index in [4.69, 9.17) is 16.3 Å². The highest BCUT2D eigenvalue weighted by molar-refractivity contribution is 7.89. The zero-order valence-electron chi connectivity index (χ0n) is 17.1. The number of hydrogen-bond acceptors (Lipinski definition) is 4. The van der Waals surface area contributed by atoms with E-state index in [-0.39, 0.29) is 17.3 Å². The average Bonchev–Trinajstić information content (AvgIpc) is 2.74. The Hall–Kier alpha value is -1.31. The number of rotatable bonds is 5. The van der Waals surface area contributed by atoms with Crippen LogP contribution in [0, 0.1) is 5.92 Å². The molecule has 2 aliphatic rings. The van der Waals surface area contributed by atoms with Gasteiger partial charge in [-0.15, -0.1) is 12.4 Å². The second-order valence-electron chi connectivity index (χ2n) is 7.90. The standard InChI is InChI=1S/C22H27ClN2O3S.ClH/c1-28-20-7-6-19-16-24(11-10-18(19)14-20)15-17-8-12-25(13-9-17)29(26,27)22-5-3-2-4-21(22)23;/h2-7,14,17H,8-13,15-16H2,1H3;1H. The zero-order chi connectivity index (χ0) is 20.4. The molecule has 0 radical (unpaired) electrons. The molecule has 0 unspecified atom stereocenters. The Morgan fingerprint density at radius 1 is 1.07 bits per heavy atom. The third kappa shape index (κ3) is 4.94. The van der Waals surface area contributed by atoms with E-state index < -0.39 is 10.0 Å². The number of hydrogen-bond donors (Lipinski definition) is 0. The zero-order valence-corrected chi connectivity index (χ0v) is 19.5. The van der Waals surface area contributed by atoms with Crippen molar-refractivity contribution in [1.82, 2.24) is 9.21 Å². The minimum atomic E-state index is -3.52. The number of methoxy groups -OCH3 is 1. The van der Waals surface area contributed by atoms with Gasteiger partial charge in [-0.2, -0.15) is 4.31 Å². The number of fused-ring (bicyclic) bond motifs is 1. The van der Waals surface area contributed by atoms with Gasteiger partial charge in [0.25, 0.3) is 0 Å². The lowest BCUT2D eigenvalue weighted by atomic mass is 9.94. The lowest BCUT2D eigenvalue weighted by Crippen LogP contribution is -2.42. The van der Waals surface area contributed by atoms with Crippen LogP contribution in [0.5, 0.6) is 5.75 Å². The molecule has 8 heteroatoms. The van der Waals surface area contributed by atoms with Gasteiger partial charge in [-0.1, -0.05) is 29.8 Å². The van der Waals surface area contributed by atoms with Crippen molar-refractivity contribution in [2.45, 2.75) is 30.7 Å². The van der Waals surface area contributed by atoms with Crippen LogP contribution in [-0.2, 0) is 23.0 Å². The third-order valence-corrected chi connectivity index (χ3v) is 8.45. The maximum absolute atomic E-state index is 12.9. The van der Waals surface area contributed by atoms with Crippen molar-refractivity contribution < 1.29 is 13.2 Å². The summed E-state index contributed by atoms with van der Waals surface area (Å²) in [6, 6.07) is 13.0. The van der Waals surface area contributed by atoms with Crippen LogP contribution in [0.15, 0.2) is 47.4 Å². The van der Waals surface area contributed by atoms with Crippen LogP contribution < -0.4 is 4.74 Å². The first-order valence-corrected chi connectivity index (χ1v) is 11.9. The fraction of sp³-hybridized carbons (Fsp3) is 0.455. The number of benzene rings is 2. The van der Waals surface area contributed by atoms with Gasteiger partial charge in [-0.25, -0.2) is 8.42 Å². The fourth-order valence-electron chi connectivity index (χ4n) is 4.36. The molecular weight excluding hydrogens is 443 g/mol. The lowest BCUT2D eigenvalue weighted by Gasteiger charge is -2.36. The van der Waals surface area contributed by atoms with Gasteiger partial charge in [0.15, 0.2) is 0 Å². The lowest BCUT2D eigenvalue weighted by molar-refractivity contribution is 0.171. The van der Waals surface area contributed by atoms with Gasteiger partial charge < -0.3 is 4.74 Å². The van der Waals surface area contributed by atoms with Crippen molar-refractivity contribution in [3.05, 3.63) is 58.6 Å². The first kappa shape index (κ1) is 23.4. The van der Waals surface area contributed by atoms with Crippen LogP contribution in [0.25, 0.3) is 0 Å². The predicted octanol–water partition coefficient (Wildman–Crippen LogP) is 4.23. The maximum Gasteiger partial charge on any atom is 0.244 e. The van der Waals surface area contributed by atoms with Crippen LogP contribution in [0.1, 0.15) is 24.0 Å². The molecule has 2 aromatic carbocycles. The molecule has 164 valence electrons. The second-order valence-corrected chi connectivity index (χ2v) is 10.2. The summed E-state index contributed by atoms with van der Waals surface area (Å²) in [6.45, 7) is 4.13. The fourth-order valence-corrected chi connectivity index (χ4v) is 6.32. The molecular formula is C22H28Cl2N2O3S. The van der Waals surface area contributed by atoms with Crippen molar-refractivity contribution in [2.24, 2.45) is 5.92 Å². The second kappa shape index (κ2) is 9.88. The minimum absolute atomic E-state index is 0. The van der Waals surface area contributed by atoms with E-state index in [2.05, 4.69) is 17.0 Å². The molecule has 1 saturated heterocycles. The molecule has 0 aromatic heterocycles. The smallest absolute Gasteiger partial charge is 0.244 e. The van der Waals surface area contributed by atoms with Crippen LogP contribution >= 0.6 is 24.0 Å². The van der Waals surface area contributed by atoms with E-state index in [0.29, 0.717) is 24.0 Å². The summed E-state index contributed by atoms with van der Waals surface area (Å²) in [5.41, 5.74) is 2.75. The first-order valence-electron chi connectivity index (χ1n) is 10.1. The van der Waals surface area contributed by atoms with E-state index in [9.17, 15) is 8.42 Å². The highest BCUT2D eigenvalue weighted by atomic mass is 35.5. The molecule has 2 aliphatic heterocycles. The van der Waals surface area contributed by atoms with Crippen molar-refractivity contribution >= 4 is 34.0 Å². The van der Waals surface area contributed by atoms with Crippen LogP contribution in [0.2, 0.25) is 5.02 Å². The molecule has 4 rings (SSSR count). The van der Waals surface area contributed by atoms with Gasteiger partial charge in [0, 0.05) is 32.7 Å². The molecule has 0 spiro atoms. The van der Waals surface area contributed by atoms with Crippen LogP contribution in [0.3, 0.4) is 0 Å². The number of halogens is 2. The van der Waals surface area contributed by atoms with E-state index in [1.165, 1.54) is 11.1 Å². The monoisotopic (exact) mass is 470 g/mol. The number of sulfonamides is 1. The molecule has 1 fully saturated rings. The topological polar surface area (TPSA) is 49.9 Å². The Labute approximate surface area is 190 Å². The largest absolute Gasteiger partial charge is 0.497 e. The number of nitrogens with zero attached hydrogens (tertiary/aromatic N) is 2. The molecule has 2 heterocycles. The average molecular weight is 471 g/mol. The highest BCUT2D eigenvalue weighted by Crippen LogP contribution is 2.30. The number of ether oxygens (including phenoxy) is 1. The van der Waals surface area contributed by atoms with Gasteiger partial charge in [0.1, 0.15) is 10.6 Å². The van der Waals surface area contributed by atoms with E-state index in [1.807, 2.05) is 6.07 Å². The molecule has 0 amide bonds. The third-order valence-electron chi connectivity index (χ3n) is 6.05. The first-order chi connectivity index (χ1) is 14.0. The Kier molecular flexibility index (Phi) is 7.69. The molecule has 0 aliphatic carbocycles. The van der Waals surface area contributed by atoms with Gasteiger partial charge in [0.05, 0.1) is 12.1 Å². The molecule has 0 N–H and O–H groups in total. The molecule has 30 heavy (non-hydrogen) atoms. The Balaban J connectivity index is 0.00000256. The summed E-state index contributed by atoms with van der Waals surface area (Å²) < 4.78 is 32.7. The Morgan fingerprint density at radius 2 is 1.80 bits per heavy atom. The molecule has 2 aromatic rings. The van der Waals surface area contributed by atoms with E-state index >= 15 is 0 Å². The summed E-state index contributed by atoms with van der Waals surface area (Å²) >= 11 is 6.13. The SMILES string of the molecule is COc1ccc2c(c1)CCN(CC1CCN(S(=O)(=O)c3ccccc3Cl)CC1)C2.Cl. The summed E-state index contributed by atoms with van der Waals surface area (Å²) in [4.78, 5) is 2.71. The molecule has 0 bridgehead atoms. The van der Waals surface area contributed by atoms with Crippen LogP contribution in [-0.4, -0.2) is 50.9 Å². The normalized spacial score (nSPS) is 18.5. The van der Waals surface area contributed by atoms with Gasteiger partial charge in [0.2, 0.25) is 10.0 Å². The van der Waals surface area contributed by atoms with E-state index in [0.717, 1.165) is 44.6 Å².